The molecule has 0 bridgehead atoms. The van der Waals surface area contributed by atoms with E-state index in [-0.39, 0.29) is 17.5 Å². The summed E-state index contributed by atoms with van der Waals surface area (Å²) in [6.45, 7) is 1.47. The number of carbonyl (C=O) groups is 3. The molecule has 7 heteroatoms. The lowest BCUT2D eigenvalue weighted by atomic mass is 9.94. The maximum Gasteiger partial charge on any atom is 0.267 e. The molecule has 2 aromatic heterocycles. The Balaban J connectivity index is 1.70. The smallest absolute Gasteiger partial charge is 0.267 e. The Morgan fingerprint density at radius 2 is 2.04 bits per heavy atom. The molecule has 0 fully saturated rings. The molecule has 0 aliphatic heterocycles. The van der Waals surface area contributed by atoms with Crippen molar-refractivity contribution in [2.45, 2.75) is 26.2 Å². The van der Waals surface area contributed by atoms with E-state index in [0.29, 0.717) is 44.0 Å². The van der Waals surface area contributed by atoms with Crippen molar-refractivity contribution in [3.05, 3.63) is 52.0 Å². The molecule has 3 N–H and O–H groups in total. The number of hydrogen-bond acceptors (Lipinski definition) is 6. The van der Waals surface area contributed by atoms with E-state index in [1.165, 1.54) is 18.3 Å². The first-order valence-corrected chi connectivity index (χ1v) is 9.43. The number of nitrogen functional groups attached to an aromatic ring is 1. The van der Waals surface area contributed by atoms with Crippen LogP contribution in [0.5, 0.6) is 0 Å². The summed E-state index contributed by atoms with van der Waals surface area (Å²) >= 11 is 1.21. The quantitative estimate of drug-likeness (QED) is 0.673. The second kappa shape index (κ2) is 6.59. The number of Topliss-reactive ketones (excluding diaryl/α,β-unsaturated/α-hetero) is 2. The molecule has 0 unspecified atom stereocenters. The number of carbonyl (C=O) groups excluding carboxylic acids is 3. The number of ketones is 2. The van der Waals surface area contributed by atoms with Gasteiger partial charge in [0.05, 0.1) is 11.4 Å². The molecule has 0 saturated carbocycles. The molecular weight excluding hydrogens is 362 g/mol. The highest BCUT2D eigenvalue weighted by atomic mass is 32.1. The van der Waals surface area contributed by atoms with Gasteiger partial charge in [-0.2, -0.15) is 0 Å². The van der Waals surface area contributed by atoms with Gasteiger partial charge in [-0.05, 0) is 38.0 Å². The molecule has 1 amide bonds. The third-order valence-corrected chi connectivity index (χ3v) is 5.77. The van der Waals surface area contributed by atoms with Gasteiger partial charge in [0.2, 0.25) is 0 Å². The molecule has 6 nitrogen and oxygen atoms in total. The van der Waals surface area contributed by atoms with Gasteiger partial charge in [0, 0.05) is 28.6 Å². The summed E-state index contributed by atoms with van der Waals surface area (Å²) < 4.78 is 0. The molecule has 0 atom stereocenters. The molecule has 4 rings (SSSR count). The number of pyridine rings is 1. The van der Waals surface area contributed by atoms with Gasteiger partial charge in [0.15, 0.2) is 11.6 Å². The number of hydrogen-bond donors (Lipinski definition) is 2. The zero-order valence-corrected chi connectivity index (χ0v) is 15.5. The van der Waals surface area contributed by atoms with E-state index in [1.807, 2.05) is 0 Å². The monoisotopic (exact) mass is 379 g/mol. The van der Waals surface area contributed by atoms with Gasteiger partial charge in [-0.3, -0.25) is 14.4 Å². The Labute approximate surface area is 159 Å². The summed E-state index contributed by atoms with van der Waals surface area (Å²) in [5.41, 5.74) is 8.95. The number of nitrogens with zero attached hydrogens (tertiary/aromatic N) is 1. The minimum Gasteiger partial charge on any atom is -0.397 e. The normalized spacial score (nSPS) is 13.4. The van der Waals surface area contributed by atoms with Crippen LogP contribution in [0.2, 0.25) is 0 Å². The maximum absolute atomic E-state index is 12.7. The van der Waals surface area contributed by atoms with Crippen molar-refractivity contribution in [2.75, 3.05) is 11.1 Å². The van der Waals surface area contributed by atoms with Crippen molar-refractivity contribution in [2.24, 2.45) is 0 Å². The largest absolute Gasteiger partial charge is 0.397 e. The van der Waals surface area contributed by atoms with Gasteiger partial charge >= 0.3 is 0 Å². The van der Waals surface area contributed by atoms with Crippen LogP contribution in [0.3, 0.4) is 0 Å². The summed E-state index contributed by atoms with van der Waals surface area (Å²) in [6, 6.07) is 8.50. The summed E-state index contributed by atoms with van der Waals surface area (Å²) in [6.07, 6.45) is 2.07. The summed E-state index contributed by atoms with van der Waals surface area (Å²) in [5.74, 6) is -0.365. The predicted molar refractivity (Wildman–Crippen MR) is 106 cm³/mol. The molecule has 27 heavy (non-hydrogen) atoms. The summed E-state index contributed by atoms with van der Waals surface area (Å²) in [5, 5.41) is 3.41. The summed E-state index contributed by atoms with van der Waals surface area (Å²) in [7, 11) is 0. The molecule has 1 aliphatic carbocycles. The van der Waals surface area contributed by atoms with Crippen LogP contribution in [-0.2, 0) is 6.42 Å². The first kappa shape index (κ1) is 17.4. The Bertz CT molecular complexity index is 1120. The van der Waals surface area contributed by atoms with Gasteiger partial charge in [-0.15, -0.1) is 11.3 Å². The molecule has 136 valence electrons. The third-order valence-electron chi connectivity index (χ3n) is 4.65. The highest BCUT2D eigenvalue weighted by Gasteiger charge is 2.23. The van der Waals surface area contributed by atoms with E-state index in [9.17, 15) is 14.4 Å². The third kappa shape index (κ3) is 3.10. The van der Waals surface area contributed by atoms with Crippen LogP contribution in [0.1, 0.15) is 55.8 Å². The molecule has 2 heterocycles. The molecule has 0 radical (unpaired) electrons. The fourth-order valence-electron chi connectivity index (χ4n) is 3.23. The second-order valence-corrected chi connectivity index (χ2v) is 7.55. The predicted octanol–water partition coefficient (Wildman–Crippen LogP) is 3.85. The Morgan fingerprint density at radius 3 is 2.81 bits per heavy atom. The average Bonchev–Trinajstić information content (AvgIpc) is 2.97. The van der Waals surface area contributed by atoms with E-state index < -0.39 is 0 Å². The number of aryl methyl sites for hydroxylation is 1. The lowest BCUT2D eigenvalue weighted by Gasteiger charge is -2.13. The van der Waals surface area contributed by atoms with E-state index in [2.05, 4.69) is 10.3 Å². The minimum absolute atomic E-state index is 0.0725. The van der Waals surface area contributed by atoms with Gasteiger partial charge in [0.25, 0.3) is 5.91 Å². The standard InChI is InChI=1S/C20H17N3O3S/c1-10(24)11-4-2-5-12(8-11)22-19(26)18-17(21)14-9-13-15(23-20(14)27-18)6-3-7-16(13)25/h2,4-5,8-9H,3,6-7,21H2,1H3,(H,22,26). The lowest BCUT2D eigenvalue weighted by molar-refractivity contribution is 0.0969. The number of anilines is 2. The number of benzene rings is 1. The molecule has 0 spiro atoms. The highest BCUT2D eigenvalue weighted by molar-refractivity contribution is 7.21. The second-order valence-electron chi connectivity index (χ2n) is 6.55. The number of fused-ring (bicyclic) bond motifs is 2. The van der Waals surface area contributed by atoms with Crippen LogP contribution in [0.15, 0.2) is 30.3 Å². The van der Waals surface area contributed by atoms with Crippen molar-refractivity contribution in [3.8, 4) is 0 Å². The van der Waals surface area contributed by atoms with Crippen molar-refractivity contribution >= 4 is 50.4 Å². The summed E-state index contributed by atoms with van der Waals surface area (Å²) in [4.78, 5) is 41.9. The SMILES string of the molecule is CC(=O)c1cccc(NC(=O)c2sc3nc4c(cc3c2N)C(=O)CCC4)c1. The van der Waals surface area contributed by atoms with Gasteiger partial charge in [-0.25, -0.2) is 4.98 Å². The molecule has 1 aromatic carbocycles. The van der Waals surface area contributed by atoms with Crippen molar-refractivity contribution in [3.63, 3.8) is 0 Å². The van der Waals surface area contributed by atoms with Crippen LogP contribution in [-0.4, -0.2) is 22.5 Å². The molecular formula is C20H17N3O3S. The van der Waals surface area contributed by atoms with Crippen LogP contribution in [0.4, 0.5) is 11.4 Å². The number of aromatic nitrogens is 1. The maximum atomic E-state index is 12.7. The number of amides is 1. The fraction of sp³-hybridized carbons (Fsp3) is 0.200. The van der Waals surface area contributed by atoms with Crippen molar-refractivity contribution < 1.29 is 14.4 Å². The van der Waals surface area contributed by atoms with Crippen LogP contribution >= 0.6 is 11.3 Å². The Morgan fingerprint density at radius 1 is 1.22 bits per heavy atom. The average molecular weight is 379 g/mol. The number of nitrogens with one attached hydrogen (secondary N) is 1. The van der Waals surface area contributed by atoms with Crippen molar-refractivity contribution in [1.29, 1.82) is 0 Å². The van der Waals surface area contributed by atoms with E-state index >= 15 is 0 Å². The highest BCUT2D eigenvalue weighted by Crippen LogP contribution is 2.35. The number of thiophene rings is 1. The van der Waals surface area contributed by atoms with Crippen molar-refractivity contribution in [1.82, 2.24) is 4.98 Å². The Kier molecular flexibility index (Phi) is 4.24. The lowest BCUT2D eigenvalue weighted by Crippen LogP contribution is -2.13. The topological polar surface area (TPSA) is 102 Å². The van der Waals surface area contributed by atoms with Gasteiger partial charge in [-0.1, -0.05) is 12.1 Å². The first-order chi connectivity index (χ1) is 12.9. The zero-order chi connectivity index (χ0) is 19.1. The van der Waals surface area contributed by atoms with E-state index in [0.717, 1.165) is 18.5 Å². The molecule has 1 aliphatic rings. The number of nitrogens with two attached hydrogens (primary N) is 1. The zero-order valence-electron chi connectivity index (χ0n) is 14.7. The Hall–Kier alpha value is -3.06. The fourth-order valence-corrected chi connectivity index (χ4v) is 4.22. The first-order valence-electron chi connectivity index (χ1n) is 8.61. The van der Waals surface area contributed by atoms with Gasteiger partial charge in [0.1, 0.15) is 9.71 Å². The van der Waals surface area contributed by atoms with E-state index in [4.69, 9.17) is 5.73 Å². The minimum atomic E-state index is -0.361. The van der Waals surface area contributed by atoms with Gasteiger partial charge < -0.3 is 11.1 Å². The van der Waals surface area contributed by atoms with E-state index in [1.54, 1.807) is 30.3 Å². The van der Waals surface area contributed by atoms with Crippen LogP contribution < -0.4 is 11.1 Å². The number of rotatable bonds is 3. The van der Waals surface area contributed by atoms with Crippen LogP contribution in [0.25, 0.3) is 10.2 Å². The van der Waals surface area contributed by atoms with Crippen LogP contribution in [0, 0.1) is 0 Å². The molecule has 0 saturated heterocycles. The molecule has 3 aromatic rings.